The van der Waals surface area contributed by atoms with E-state index >= 15 is 0 Å². The van der Waals surface area contributed by atoms with Gasteiger partial charge in [-0.15, -0.1) is 6.58 Å². The maximum absolute atomic E-state index is 3.92. The first-order valence-corrected chi connectivity index (χ1v) is 5.56. The first kappa shape index (κ1) is 10.8. The Morgan fingerprint density at radius 2 is 2.23 bits per heavy atom. The third-order valence-electron chi connectivity index (χ3n) is 2.63. The van der Waals surface area contributed by atoms with Crippen molar-refractivity contribution in [3.8, 4) is 0 Å². The molecular formula is C12H23N. The molecule has 1 saturated carbocycles. The molecule has 1 atom stereocenters. The molecule has 76 valence electrons. The van der Waals surface area contributed by atoms with Crippen molar-refractivity contribution in [1.29, 1.82) is 0 Å². The number of allylic oxidation sites excluding steroid dienone is 1. The van der Waals surface area contributed by atoms with Gasteiger partial charge in [-0.2, -0.15) is 0 Å². The monoisotopic (exact) mass is 181 g/mol. The minimum Gasteiger partial charge on any atom is -0.314 e. The number of nitrogens with one attached hydrogen (secondary N) is 1. The van der Waals surface area contributed by atoms with Crippen LogP contribution in [0.3, 0.4) is 0 Å². The Balaban J connectivity index is 1.90. The van der Waals surface area contributed by atoms with Crippen molar-refractivity contribution in [2.45, 2.75) is 52.0 Å². The fourth-order valence-electron chi connectivity index (χ4n) is 1.51. The highest BCUT2D eigenvalue weighted by Gasteiger charge is 2.20. The van der Waals surface area contributed by atoms with Crippen LogP contribution in [0, 0.1) is 5.92 Å². The van der Waals surface area contributed by atoms with Crippen molar-refractivity contribution in [2.75, 3.05) is 6.54 Å². The number of hydrogen-bond acceptors (Lipinski definition) is 1. The van der Waals surface area contributed by atoms with Crippen molar-refractivity contribution in [1.82, 2.24) is 5.32 Å². The van der Waals surface area contributed by atoms with Crippen molar-refractivity contribution >= 4 is 0 Å². The van der Waals surface area contributed by atoms with E-state index in [-0.39, 0.29) is 0 Å². The molecule has 0 spiro atoms. The quantitative estimate of drug-likeness (QED) is 0.595. The molecule has 1 heteroatoms. The van der Waals surface area contributed by atoms with Crippen molar-refractivity contribution in [2.24, 2.45) is 5.92 Å². The Hall–Kier alpha value is -0.300. The third kappa shape index (κ3) is 5.87. The number of rotatable bonds is 7. The summed E-state index contributed by atoms with van der Waals surface area (Å²) in [7, 11) is 0. The van der Waals surface area contributed by atoms with E-state index < -0.39 is 0 Å². The topological polar surface area (TPSA) is 12.0 Å². The second-order valence-electron chi connectivity index (χ2n) is 4.64. The van der Waals surface area contributed by atoms with Crippen molar-refractivity contribution in [3.05, 3.63) is 12.2 Å². The third-order valence-corrected chi connectivity index (χ3v) is 2.63. The lowest BCUT2D eigenvalue weighted by atomic mass is 10.0. The van der Waals surface area contributed by atoms with Crippen LogP contribution in [0.15, 0.2) is 12.2 Å². The summed E-state index contributed by atoms with van der Waals surface area (Å²) < 4.78 is 0. The first-order valence-electron chi connectivity index (χ1n) is 5.56. The van der Waals surface area contributed by atoms with Gasteiger partial charge in [0.15, 0.2) is 0 Å². The summed E-state index contributed by atoms with van der Waals surface area (Å²) in [4.78, 5) is 0. The molecule has 0 aliphatic heterocycles. The molecule has 0 heterocycles. The van der Waals surface area contributed by atoms with E-state index in [2.05, 4.69) is 25.7 Å². The van der Waals surface area contributed by atoms with Crippen LogP contribution in [-0.4, -0.2) is 12.6 Å². The molecule has 0 aromatic rings. The standard InChI is InChI=1S/C12H23N/c1-10(2)5-4-6-11(3)9-13-12-7-8-12/h11-13H,1,4-9H2,2-3H3. The Bertz CT molecular complexity index is 159. The van der Waals surface area contributed by atoms with E-state index in [4.69, 9.17) is 0 Å². The molecule has 1 nitrogen and oxygen atoms in total. The maximum atomic E-state index is 3.92. The summed E-state index contributed by atoms with van der Waals surface area (Å²) in [5, 5.41) is 3.57. The van der Waals surface area contributed by atoms with Gasteiger partial charge in [-0.25, -0.2) is 0 Å². The van der Waals surface area contributed by atoms with Crippen LogP contribution in [0.25, 0.3) is 0 Å². The van der Waals surface area contributed by atoms with E-state index in [1.807, 2.05) is 0 Å². The lowest BCUT2D eigenvalue weighted by Crippen LogP contribution is -2.23. The van der Waals surface area contributed by atoms with E-state index in [9.17, 15) is 0 Å². The van der Waals surface area contributed by atoms with E-state index in [0.29, 0.717) is 0 Å². The molecule has 0 radical (unpaired) electrons. The average molecular weight is 181 g/mol. The zero-order valence-corrected chi connectivity index (χ0v) is 9.10. The van der Waals surface area contributed by atoms with Gasteiger partial charge in [0.2, 0.25) is 0 Å². The molecule has 0 aromatic carbocycles. The highest BCUT2D eigenvalue weighted by atomic mass is 14.9. The average Bonchev–Trinajstić information content (AvgIpc) is 2.83. The van der Waals surface area contributed by atoms with Gasteiger partial charge in [0.1, 0.15) is 0 Å². The van der Waals surface area contributed by atoms with Gasteiger partial charge in [0.25, 0.3) is 0 Å². The minimum atomic E-state index is 0.833. The summed E-state index contributed by atoms with van der Waals surface area (Å²) in [6.45, 7) is 9.59. The zero-order valence-electron chi connectivity index (χ0n) is 9.10. The van der Waals surface area contributed by atoms with Gasteiger partial charge in [-0.3, -0.25) is 0 Å². The molecular weight excluding hydrogens is 158 g/mol. The molecule has 1 aliphatic rings. The minimum absolute atomic E-state index is 0.833. The van der Waals surface area contributed by atoms with Crippen LogP contribution in [0.5, 0.6) is 0 Å². The Morgan fingerprint density at radius 1 is 1.54 bits per heavy atom. The highest BCUT2D eigenvalue weighted by Crippen LogP contribution is 2.19. The first-order chi connectivity index (χ1) is 6.18. The lowest BCUT2D eigenvalue weighted by molar-refractivity contribution is 0.465. The van der Waals surface area contributed by atoms with Gasteiger partial charge in [-0.1, -0.05) is 12.5 Å². The van der Waals surface area contributed by atoms with Crippen LogP contribution in [0.4, 0.5) is 0 Å². The molecule has 1 N–H and O–H groups in total. The van der Waals surface area contributed by atoms with Gasteiger partial charge < -0.3 is 5.32 Å². The molecule has 1 aliphatic carbocycles. The van der Waals surface area contributed by atoms with Crippen LogP contribution >= 0.6 is 0 Å². The Kier molecular flexibility index (Phi) is 4.51. The molecule has 13 heavy (non-hydrogen) atoms. The summed E-state index contributed by atoms with van der Waals surface area (Å²) in [6.07, 6.45) is 6.65. The normalized spacial score (nSPS) is 18.6. The van der Waals surface area contributed by atoms with Crippen molar-refractivity contribution in [3.63, 3.8) is 0 Å². The van der Waals surface area contributed by atoms with Crippen molar-refractivity contribution < 1.29 is 0 Å². The van der Waals surface area contributed by atoms with E-state index in [1.54, 1.807) is 0 Å². The fraction of sp³-hybridized carbons (Fsp3) is 0.833. The van der Waals surface area contributed by atoms with Crippen LogP contribution in [0.1, 0.15) is 46.0 Å². The maximum Gasteiger partial charge on any atom is 0.00683 e. The molecule has 1 rings (SSSR count). The highest BCUT2D eigenvalue weighted by molar-refractivity contribution is 4.87. The van der Waals surface area contributed by atoms with Crippen LogP contribution in [0.2, 0.25) is 0 Å². The smallest absolute Gasteiger partial charge is 0.00683 e. The van der Waals surface area contributed by atoms with Gasteiger partial charge in [-0.05, 0) is 51.5 Å². The summed E-state index contributed by atoms with van der Waals surface area (Å²) in [5.74, 6) is 0.833. The van der Waals surface area contributed by atoms with Gasteiger partial charge in [0.05, 0.1) is 0 Å². The largest absolute Gasteiger partial charge is 0.314 e. The second-order valence-corrected chi connectivity index (χ2v) is 4.64. The molecule has 1 unspecified atom stereocenters. The van der Waals surface area contributed by atoms with Crippen LogP contribution in [-0.2, 0) is 0 Å². The SMILES string of the molecule is C=C(C)CCCC(C)CNC1CC1. The summed E-state index contributed by atoms with van der Waals surface area (Å²) >= 11 is 0. The molecule has 0 amide bonds. The second kappa shape index (κ2) is 5.43. The Labute approximate surface area is 82.6 Å². The fourth-order valence-corrected chi connectivity index (χ4v) is 1.51. The lowest BCUT2D eigenvalue weighted by Gasteiger charge is -2.11. The summed E-state index contributed by atoms with van der Waals surface area (Å²) in [6, 6.07) is 0.864. The predicted octanol–water partition coefficient (Wildman–Crippen LogP) is 3.12. The summed E-state index contributed by atoms with van der Waals surface area (Å²) in [5.41, 5.74) is 1.32. The Morgan fingerprint density at radius 3 is 2.77 bits per heavy atom. The molecule has 0 aromatic heterocycles. The van der Waals surface area contributed by atoms with E-state index in [0.717, 1.165) is 12.0 Å². The number of hydrogen-bond donors (Lipinski definition) is 1. The van der Waals surface area contributed by atoms with E-state index in [1.165, 1.54) is 44.2 Å². The predicted molar refractivity (Wildman–Crippen MR) is 58.9 cm³/mol. The molecule has 0 saturated heterocycles. The van der Waals surface area contributed by atoms with Gasteiger partial charge in [0, 0.05) is 6.04 Å². The molecule has 1 fully saturated rings. The molecule has 0 bridgehead atoms. The van der Waals surface area contributed by atoms with Gasteiger partial charge >= 0.3 is 0 Å². The zero-order chi connectivity index (χ0) is 9.68. The van der Waals surface area contributed by atoms with Crippen LogP contribution < -0.4 is 5.32 Å².